The number of hydrogen-bond donors (Lipinski definition) is 4. The quantitative estimate of drug-likeness (QED) is 0.0472. The zero-order valence-corrected chi connectivity index (χ0v) is 34.8. The van der Waals surface area contributed by atoms with Crippen LogP contribution in [-0.4, -0.2) is 46.1 Å². The van der Waals surface area contributed by atoms with E-state index in [1.165, 1.54) is 205 Å². The molecular weight excluding hydrogens is 631 g/mol. The average Bonchev–Trinajstić information content (AvgIpc) is 3.13. The summed E-state index contributed by atoms with van der Waals surface area (Å²) in [5, 5.41) is 33.4. The molecule has 0 spiro atoms. The van der Waals surface area contributed by atoms with Crippen LogP contribution in [-0.2, 0) is 4.79 Å². The Morgan fingerprint density at radius 3 is 0.882 bits per heavy atom. The van der Waals surface area contributed by atoms with E-state index in [4.69, 9.17) is 0 Å². The number of rotatable bonds is 43. The lowest BCUT2D eigenvalue weighted by atomic mass is 10.0. The Balaban J connectivity index is 3.56. The van der Waals surface area contributed by atoms with Crippen LogP contribution in [0.3, 0.4) is 0 Å². The molecule has 0 aliphatic rings. The second-order valence-electron chi connectivity index (χ2n) is 16.3. The van der Waals surface area contributed by atoms with E-state index in [9.17, 15) is 20.1 Å². The zero-order valence-electron chi connectivity index (χ0n) is 34.8. The lowest BCUT2D eigenvalue weighted by Crippen LogP contribution is -2.49. The molecule has 0 aromatic rings. The summed E-state index contributed by atoms with van der Waals surface area (Å²) in [7, 11) is 0. The number of amides is 1. The van der Waals surface area contributed by atoms with E-state index in [-0.39, 0.29) is 6.61 Å². The highest BCUT2D eigenvalue weighted by Crippen LogP contribution is 2.17. The molecule has 51 heavy (non-hydrogen) atoms. The standard InChI is InChI=1S/C46H93NO4/c1-3-5-7-9-11-13-15-17-19-21-23-25-27-29-31-33-35-37-39-41-45(50)46(51)47-43(42-48)44(49)40-38-36-34-32-30-28-26-24-22-20-18-16-14-12-10-8-6-4-2/h43-45,48-50H,3-42H2,1-2H3,(H,47,51). The molecule has 306 valence electrons. The van der Waals surface area contributed by atoms with Crippen molar-refractivity contribution in [2.75, 3.05) is 6.61 Å². The number of aliphatic hydroxyl groups is 3. The van der Waals surface area contributed by atoms with Crippen molar-refractivity contribution in [1.82, 2.24) is 5.32 Å². The first kappa shape index (κ1) is 50.4. The Labute approximate surface area is 319 Å². The van der Waals surface area contributed by atoms with Gasteiger partial charge in [-0.1, -0.05) is 251 Å². The molecule has 0 fully saturated rings. The van der Waals surface area contributed by atoms with Crippen molar-refractivity contribution in [2.45, 2.75) is 283 Å². The minimum Gasteiger partial charge on any atom is -0.394 e. The molecular formula is C46H93NO4. The summed E-state index contributed by atoms with van der Waals surface area (Å²) in [6, 6.07) is -0.706. The zero-order chi connectivity index (χ0) is 37.3. The van der Waals surface area contributed by atoms with E-state index in [2.05, 4.69) is 19.2 Å². The summed E-state index contributed by atoms with van der Waals surface area (Å²) in [5.41, 5.74) is 0. The molecule has 0 aliphatic heterocycles. The Kier molecular flexibility index (Phi) is 41.6. The monoisotopic (exact) mass is 724 g/mol. The summed E-state index contributed by atoms with van der Waals surface area (Å²) in [4.78, 5) is 12.5. The fraction of sp³-hybridized carbons (Fsp3) is 0.978. The first-order valence-electron chi connectivity index (χ1n) is 23.3. The largest absolute Gasteiger partial charge is 0.394 e. The van der Waals surface area contributed by atoms with Gasteiger partial charge in [0.2, 0.25) is 5.91 Å². The maximum absolute atomic E-state index is 12.5. The van der Waals surface area contributed by atoms with E-state index in [1.54, 1.807) is 0 Å². The topological polar surface area (TPSA) is 89.8 Å². The molecule has 0 radical (unpaired) electrons. The molecule has 0 aromatic carbocycles. The third kappa shape index (κ3) is 37.5. The number of carbonyl (C=O) groups is 1. The predicted molar refractivity (Wildman–Crippen MR) is 222 cm³/mol. The van der Waals surface area contributed by atoms with Crippen molar-refractivity contribution in [1.29, 1.82) is 0 Å². The third-order valence-corrected chi connectivity index (χ3v) is 11.2. The van der Waals surface area contributed by atoms with Gasteiger partial charge in [0.15, 0.2) is 0 Å². The van der Waals surface area contributed by atoms with Gasteiger partial charge in [0.05, 0.1) is 18.8 Å². The molecule has 5 nitrogen and oxygen atoms in total. The Morgan fingerprint density at radius 2 is 0.627 bits per heavy atom. The molecule has 0 rings (SSSR count). The van der Waals surface area contributed by atoms with E-state index >= 15 is 0 Å². The highest BCUT2D eigenvalue weighted by molar-refractivity contribution is 5.80. The first-order chi connectivity index (χ1) is 25.1. The van der Waals surface area contributed by atoms with Crippen molar-refractivity contribution < 1.29 is 20.1 Å². The Morgan fingerprint density at radius 1 is 0.392 bits per heavy atom. The molecule has 0 saturated heterocycles. The molecule has 4 N–H and O–H groups in total. The van der Waals surface area contributed by atoms with Gasteiger partial charge >= 0.3 is 0 Å². The molecule has 0 bridgehead atoms. The highest BCUT2D eigenvalue weighted by Gasteiger charge is 2.23. The van der Waals surface area contributed by atoms with Crippen LogP contribution >= 0.6 is 0 Å². The molecule has 5 heteroatoms. The van der Waals surface area contributed by atoms with Gasteiger partial charge in [-0.15, -0.1) is 0 Å². The van der Waals surface area contributed by atoms with Crippen LogP contribution in [0.1, 0.15) is 264 Å². The van der Waals surface area contributed by atoms with Gasteiger partial charge in [-0.2, -0.15) is 0 Å². The van der Waals surface area contributed by atoms with Crippen molar-refractivity contribution in [3.05, 3.63) is 0 Å². The van der Waals surface area contributed by atoms with Gasteiger partial charge in [-0.3, -0.25) is 4.79 Å². The van der Waals surface area contributed by atoms with Gasteiger partial charge in [-0.05, 0) is 12.8 Å². The van der Waals surface area contributed by atoms with E-state index < -0.39 is 24.2 Å². The molecule has 0 saturated carbocycles. The van der Waals surface area contributed by atoms with Crippen LogP contribution in [0.25, 0.3) is 0 Å². The predicted octanol–water partition coefficient (Wildman–Crippen LogP) is 13.4. The molecule has 3 unspecified atom stereocenters. The molecule has 1 amide bonds. The maximum Gasteiger partial charge on any atom is 0.249 e. The van der Waals surface area contributed by atoms with Crippen LogP contribution in [0.4, 0.5) is 0 Å². The summed E-state index contributed by atoms with van der Waals surface area (Å²) < 4.78 is 0. The second-order valence-corrected chi connectivity index (χ2v) is 16.3. The third-order valence-electron chi connectivity index (χ3n) is 11.2. The van der Waals surface area contributed by atoms with Crippen molar-refractivity contribution in [3.8, 4) is 0 Å². The van der Waals surface area contributed by atoms with Crippen molar-refractivity contribution in [2.24, 2.45) is 0 Å². The molecule has 0 heterocycles. The van der Waals surface area contributed by atoms with E-state index in [0.717, 1.165) is 32.1 Å². The van der Waals surface area contributed by atoms with Gasteiger partial charge in [0.25, 0.3) is 0 Å². The molecule has 0 aliphatic carbocycles. The lowest BCUT2D eigenvalue weighted by Gasteiger charge is -2.23. The first-order valence-corrected chi connectivity index (χ1v) is 23.3. The number of hydrogen-bond acceptors (Lipinski definition) is 4. The van der Waals surface area contributed by atoms with Crippen LogP contribution in [0.15, 0.2) is 0 Å². The fourth-order valence-electron chi connectivity index (χ4n) is 7.55. The van der Waals surface area contributed by atoms with Crippen molar-refractivity contribution in [3.63, 3.8) is 0 Å². The SMILES string of the molecule is CCCCCCCCCCCCCCCCCCCCCC(O)C(=O)NC(CO)C(O)CCCCCCCCCCCCCCCCCCCC. The van der Waals surface area contributed by atoms with Gasteiger partial charge < -0.3 is 20.6 Å². The number of carbonyl (C=O) groups excluding carboxylic acids is 1. The Bertz CT molecular complexity index is 674. The van der Waals surface area contributed by atoms with Crippen molar-refractivity contribution >= 4 is 5.91 Å². The number of unbranched alkanes of at least 4 members (excludes halogenated alkanes) is 35. The molecule has 0 aromatic heterocycles. The fourth-order valence-corrected chi connectivity index (χ4v) is 7.55. The average molecular weight is 724 g/mol. The second kappa shape index (κ2) is 42.1. The van der Waals surface area contributed by atoms with Crippen LogP contribution < -0.4 is 5.32 Å². The Hall–Kier alpha value is -0.650. The summed E-state index contributed by atoms with van der Waals surface area (Å²) in [5.74, 6) is -0.465. The number of aliphatic hydroxyl groups excluding tert-OH is 3. The smallest absolute Gasteiger partial charge is 0.249 e. The maximum atomic E-state index is 12.5. The van der Waals surface area contributed by atoms with Crippen LogP contribution in [0.2, 0.25) is 0 Å². The van der Waals surface area contributed by atoms with E-state index in [0.29, 0.717) is 12.8 Å². The minimum atomic E-state index is -1.07. The lowest BCUT2D eigenvalue weighted by molar-refractivity contribution is -0.131. The number of nitrogens with one attached hydrogen (secondary N) is 1. The van der Waals surface area contributed by atoms with E-state index in [1.807, 2.05) is 0 Å². The van der Waals surface area contributed by atoms with Gasteiger partial charge in [0.1, 0.15) is 6.10 Å². The summed E-state index contributed by atoms with van der Waals surface area (Å²) >= 11 is 0. The van der Waals surface area contributed by atoms with Gasteiger partial charge in [-0.25, -0.2) is 0 Å². The van der Waals surface area contributed by atoms with Crippen LogP contribution in [0.5, 0.6) is 0 Å². The summed E-state index contributed by atoms with van der Waals surface area (Å²) in [6.07, 6.45) is 48.2. The highest BCUT2D eigenvalue weighted by atomic mass is 16.3. The molecule has 3 atom stereocenters. The summed E-state index contributed by atoms with van der Waals surface area (Å²) in [6.45, 7) is 4.26. The minimum absolute atomic E-state index is 0.308. The van der Waals surface area contributed by atoms with Gasteiger partial charge in [0, 0.05) is 0 Å². The van der Waals surface area contributed by atoms with Crippen LogP contribution in [0, 0.1) is 0 Å². The normalized spacial score (nSPS) is 13.4.